The molecule has 2 heterocycles. The smallest absolute Gasteiger partial charge is 0.138 e. The summed E-state index contributed by atoms with van der Waals surface area (Å²) < 4.78 is 21.1. The number of aryl methyl sites for hydroxylation is 1. The van der Waals surface area contributed by atoms with Gasteiger partial charge in [0.1, 0.15) is 12.0 Å². The molecule has 3 aromatic rings. The summed E-state index contributed by atoms with van der Waals surface area (Å²) in [5.41, 5.74) is 4.63. The molecule has 1 fully saturated rings. The molecule has 0 radical (unpaired) electrons. The van der Waals surface area contributed by atoms with Gasteiger partial charge in [0.2, 0.25) is 0 Å². The highest BCUT2D eigenvalue weighted by Gasteiger charge is 2.27. The van der Waals surface area contributed by atoms with Gasteiger partial charge in [0.05, 0.1) is 6.61 Å². The van der Waals surface area contributed by atoms with Crippen LogP contribution >= 0.6 is 0 Å². The van der Waals surface area contributed by atoms with Gasteiger partial charge in [-0.3, -0.25) is 4.90 Å². The van der Waals surface area contributed by atoms with E-state index >= 15 is 0 Å². The molecule has 4 heteroatoms. The third kappa shape index (κ3) is 3.50. The first-order valence-corrected chi connectivity index (χ1v) is 8.54. The van der Waals surface area contributed by atoms with Gasteiger partial charge < -0.3 is 9.30 Å². The summed E-state index contributed by atoms with van der Waals surface area (Å²) >= 11 is 0. The maximum Gasteiger partial charge on any atom is 0.138 e. The van der Waals surface area contributed by atoms with E-state index in [2.05, 4.69) is 48.4 Å². The minimum absolute atomic E-state index is 0.0396. The molecule has 128 valence electrons. The third-order valence-electron chi connectivity index (χ3n) is 4.58. The van der Waals surface area contributed by atoms with E-state index in [1.165, 1.54) is 23.3 Å². The zero-order valence-electron chi connectivity index (χ0n) is 14.2. The van der Waals surface area contributed by atoms with Gasteiger partial charge >= 0.3 is 0 Å². The van der Waals surface area contributed by atoms with Crippen molar-refractivity contribution >= 4 is 0 Å². The molecular formula is C21H21FN2O. The Morgan fingerprint density at radius 2 is 1.96 bits per heavy atom. The zero-order chi connectivity index (χ0) is 17.2. The largest absolute Gasteiger partial charge is 0.357 e. The topological polar surface area (TPSA) is 17.4 Å². The molecule has 1 aliphatic rings. The molecule has 0 N–H and O–H groups in total. The van der Waals surface area contributed by atoms with Crippen LogP contribution in [0.1, 0.15) is 22.9 Å². The Bertz CT molecular complexity index is 856. The van der Waals surface area contributed by atoms with Crippen molar-refractivity contribution in [2.24, 2.45) is 0 Å². The lowest BCUT2D eigenvalue weighted by Crippen LogP contribution is -2.23. The van der Waals surface area contributed by atoms with Crippen molar-refractivity contribution in [1.82, 2.24) is 9.47 Å². The van der Waals surface area contributed by atoms with Gasteiger partial charge in [-0.25, -0.2) is 4.39 Å². The molecule has 1 aromatic heterocycles. The van der Waals surface area contributed by atoms with E-state index in [-0.39, 0.29) is 12.0 Å². The number of halogens is 1. The Kier molecular flexibility index (Phi) is 4.38. The molecular weight excluding hydrogens is 315 g/mol. The van der Waals surface area contributed by atoms with Crippen molar-refractivity contribution in [2.45, 2.75) is 19.7 Å². The number of nitrogens with zero attached hydrogens (tertiary/aromatic N) is 2. The van der Waals surface area contributed by atoms with Gasteiger partial charge in [-0.1, -0.05) is 29.8 Å². The van der Waals surface area contributed by atoms with Crippen molar-refractivity contribution in [3.63, 3.8) is 0 Å². The second kappa shape index (κ2) is 6.82. The SMILES string of the molecule is Cc1cccc(CN2CCOC2c2ccn(-c3ccc(F)cc3)c2)c1. The fraction of sp³-hybridized carbons (Fsp3) is 0.238. The van der Waals surface area contributed by atoms with Crippen LogP contribution in [0, 0.1) is 12.7 Å². The predicted octanol–water partition coefficient (Wildman–Crippen LogP) is 4.46. The fourth-order valence-corrected chi connectivity index (χ4v) is 3.35. The first-order chi connectivity index (χ1) is 12.2. The van der Waals surface area contributed by atoms with Gasteiger partial charge in [-0.05, 0) is 42.8 Å². The number of hydrogen-bond donors (Lipinski definition) is 0. The number of aromatic nitrogens is 1. The summed E-state index contributed by atoms with van der Waals surface area (Å²) in [6, 6.07) is 17.2. The van der Waals surface area contributed by atoms with Gasteiger partial charge in [-0.2, -0.15) is 0 Å². The van der Waals surface area contributed by atoms with E-state index in [4.69, 9.17) is 4.74 Å². The summed E-state index contributed by atoms with van der Waals surface area (Å²) in [5, 5.41) is 0. The Labute approximate surface area is 147 Å². The van der Waals surface area contributed by atoms with Crippen LogP contribution in [0.5, 0.6) is 0 Å². The Morgan fingerprint density at radius 3 is 2.76 bits per heavy atom. The van der Waals surface area contributed by atoms with Crippen LogP contribution in [-0.2, 0) is 11.3 Å². The highest BCUT2D eigenvalue weighted by Crippen LogP contribution is 2.29. The minimum atomic E-state index is -0.223. The molecule has 4 rings (SSSR count). The second-order valence-corrected chi connectivity index (χ2v) is 6.51. The van der Waals surface area contributed by atoms with Crippen molar-refractivity contribution in [3.8, 4) is 5.69 Å². The van der Waals surface area contributed by atoms with Crippen molar-refractivity contribution in [1.29, 1.82) is 0 Å². The first kappa shape index (κ1) is 16.1. The minimum Gasteiger partial charge on any atom is -0.357 e. The van der Waals surface area contributed by atoms with E-state index in [1.54, 1.807) is 12.1 Å². The quantitative estimate of drug-likeness (QED) is 0.700. The Hall–Kier alpha value is -2.43. The van der Waals surface area contributed by atoms with Crippen LogP contribution in [0.15, 0.2) is 67.0 Å². The maximum atomic E-state index is 13.1. The number of benzene rings is 2. The molecule has 0 amide bonds. The average molecular weight is 336 g/mol. The van der Waals surface area contributed by atoms with Crippen molar-refractivity contribution in [2.75, 3.05) is 13.2 Å². The molecule has 1 unspecified atom stereocenters. The van der Waals surface area contributed by atoms with Crippen molar-refractivity contribution < 1.29 is 9.13 Å². The lowest BCUT2D eigenvalue weighted by molar-refractivity contribution is 0.0288. The van der Waals surface area contributed by atoms with E-state index in [9.17, 15) is 4.39 Å². The first-order valence-electron chi connectivity index (χ1n) is 8.54. The van der Waals surface area contributed by atoms with Crippen LogP contribution in [-0.4, -0.2) is 22.6 Å². The van der Waals surface area contributed by atoms with Gasteiger partial charge in [0.15, 0.2) is 0 Å². The molecule has 25 heavy (non-hydrogen) atoms. The fourth-order valence-electron chi connectivity index (χ4n) is 3.35. The predicted molar refractivity (Wildman–Crippen MR) is 96.0 cm³/mol. The van der Waals surface area contributed by atoms with Gasteiger partial charge in [0.25, 0.3) is 0 Å². The van der Waals surface area contributed by atoms with Crippen LogP contribution in [0.2, 0.25) is 0 Å². The Balaban J connectivity index is 1.53. The average Bonchev–Trinajstić information content (AvgIpc) is 3.25. The Morgan fingerprint density at radius 1 is 1.12 bits per heavy atom. The van der Waals surface area contributed by atoms with Crippen molar-refractivity contribution in [3.05, 3.63) is 89.5 Å². The lowest BCUT2D eigenvalue weighted by Gasteiger charge is -2.22. The zero-order valence-corrected chi connectivity index (χ0v) is 14.2. The van der Waals surface area contributed by atoms with E-state index in [0.717, 1.165) is 30.9 Å². The van der Waals surface area contributed by atoms with E-state index in [1.807, 2.05) is 10.8 Å². The van der Waals surface area contributed by atoms with Gasteiger partial charge in [0, 0.05) is 36.7 Å². The van der Waals surface area contributed by atoms with E-state index < -0.39 is 0 Å². The molecule has 1 aliphatic heterocycles. The van der Waals surface area contributed by atoms with Crippen LogP contribution in [0.4, 0.5) is 4.39 Å². The second-order valence-electron chi connectivity index (χ2n) is 6.51. The number of rotatable bonds is 4. The van der Waals surface area contributed by atoms with E-state index in [0.29, 0.717) is 0 Å². The molecule has 1 saturated heterocycles. The maximum absolute atomic E-state index is 13.1. The molecule has 0 aliphatic carbocycles. The molecule has 3 nitrogen and oxygen atoms in total. The summed E-state index contributed by atoms with van der Waals surface area (Å²) in [6.07, 6.45) is 4.02. The van der Waals surface area contributed by atoms with Gasteiger partial charge in [-0.15, -0.1) is 0 Å². The highest BCUT2D eigenvalue weighted by molar-refractivity contribution is 5.34. The normalized spacial score (nSPS) is 17.9. The monoisotopic (exact) mass is 336 g/mol. The molecule has 1 atom stereocenters. The molecule has 2 aromatic carbocycles. The standard InChI is InChI=1S/C21H21FN2O/c1-16-3-2-4-17(13-16)14-24-11-12-25-21(24)18-9-10-23(15-18)20-7-5-19(22)6-8-20/h2-10,13,15,21H,11-12,14H2,1H3. The molecule has 0 bridgehead atoms. The lowest BCUT2D eigenvalue weighted by atomic mass is 10.1. The molecule has 0 saturated carbocycles. The number of hydrogen-bond acceptors (Lipinski definition) is 2. The summed E-state index contributed by atoms with van der Waals surface area (Å²) in [4.78, 5) is 2.35. The summed E-state index contributed by atoms with van der Waals surface area (Å²) in [6.45, 7) is 4.64. The highest BCUT2D eigenvalue weighted by atomic mass is 19.1. The molecule has 0 spiro atoms. The number of ether oxygens (including phenoxy) is 1. The van der Waals surface area contributed by atoms with Crippen LogP contribution in [0.3, 0.4) is 0 Å². The van der Waals surface area contributed by atoms with Crippen LogP contribution in [0.25, 0.3) is 5.69 Å². The van der Waals surface area contributed by atoms with Crippen LogP contribution < -0.4 is 0 Å². The summed E-state index contributed by atoms with van der Waals surface area (Å²) in [7, 11) is 0. The third-order valence-corrected chi connectivity index (χ3v) is 4.58. The summed E-state index contributed by atoms with van der Waals surface area (Å²) in [5.74, 6) is -0.223.